The van der Waals surface area contributed by atoms with E-state index in [1.165, 1.54) is 0 Å². The molecule has 4 nitrogen and oxygen atoms in total. The summed E-state index contributed by atoms with van der Waals surface area (Å²) in [5.74, 6) is -0.0142. The Kier molecular flexibility index (Phi) is 6.18. The molecule has 0 fully saturated rings. The molecule has 0 aromatic heterocycles. The van der Waals surface area contributed by atoms with Gasteiger partial charge in [0.15, 0.2) is 0 Å². The van der Waals surface area contributed by atoms with Gasteiger partial charge in [-0.15, -0.1) is 11.8 Å². The van der Waals surface area contributed by atoms with E-state index in [9.17, 15) is 4.79 Å². The van der Waals surface area contributed by atoms with E-state index in [0.717, 1.165) is 10.6 Å². The first kappa shape index (κ1) is 15.0. The van der Waals surface area contributed by atoms with Gasteiger partial charge in [0, 0.05) is 17.5 Å². The molecule has 1 aromatic rings. The highest BCUT2D eigenvalue weighted by Gasteiger charge is 2.09. The van der Waals surface area contributed by atoms with Gasteiger partial charge < -0.3 is 11.1 Å². The van der Waals surface area contributed by atoms with Gasteiger partial charge >= 0.3 is 0 Å². The Labute approximate surface area is 113 Å². The summed E-state index contributed by atoms with van der Waals surface area (Å²) < 4.78 is 0. The average Bonchev–Trinajstić information content (AvgIpc) is 2.28. The molecular formula is C13H21N3OS. The number of rotatable bonds is 6. The van der Waals surface area contributed by atoms with Gasteiger partial charge in [-0.25, -0.2) is 0 Å². The van der Waals surface area contributed by atoms with Crippen LogP contribution in [0.3, 0.4) is 0 Å². The fourth-order valence-electron chi connectivity index (χ4n) is 1.74. The van der Waals surface area contributed by atoms with Crippen LogP contribution in [0.15, 0.2) is 29.2 Å². The number of hydrogen-bond acceptors (Lipinski definition) is 4. The van der Waals surface area contributed by atoms with Crippen molar-refractivity contribution in [3.05, 3.63) is 24.3 Å². The van der Waals surface area contributed by atoms with Crippen molar-refractivity contribution in [2.45, 2.75) is 17.9 Å². The smallest absolute Gasteiger partial charge is 0.238 e. The number of nitrogens with two attached hydrogens (primary N) is 1. The van der Waals surface area contributed by atoms with E-state index in [1.54, 1.807) is 11.8 Å². The third kappa shape index (κ3) is 5.08. The SMILES string of the molecule is CSc1ccccc1NC(=O)CN(C)CC(C)N. The zero-order chi connectivity index (χ0) is 13.5. The maximum atomic E-state index is 11.9. The number of nitrogens with zero attached hydrogens (tertiary/aromatic N) is 1. The van der Waals surface area contributed by atoms with Crippen molar-refractivity contribution in [1.82, 2.24) is 4.90 Å². The van der Waals surface area contributed by atoms with Gasteiger partial charge in [0.1, 0.15) is 0 Å². The molecule has 0 heterocycles. The van der Waals surface area contributed by atoms with Crippen molar-refractivity contribution >= 4 is 23.4 Å². The number of para-hydroxylation sites is 1. The summed E-state index contributed by atoms with van der Waals surface area (Å²) in [5.41, 5.74) is 6.56. The first-order valence-corrected chi connectivity index (χ1v) is 7.12. The van der Waals surface area contributed by atoms with E-state index in [-0.39, 0.29) is 11.9 Å². The Balaban J connectivity index is 2.54. The summed E-state index contributed by atoms with van der Waals surface area (Å²) >= 11 is 1.62. The Hall–Kier alpha value is -1.04. The zero-order valence-corrected chi connectivity index (χ0v) is 12.0. The molecular weight excluding hydrogens is 246 g/mol. The van der Waals surface area contributed by atoms with E-state index in [2.05, 4.69) is 5.32 Å². The summed E-state index contributed by atoms with van der Waals surface area (Å²) in [7, 11) is 1.89. The van der Waals surface area contributed by atoms with Crippen LogP contribution in [-0.2, 0) is 4.79 Å². The van der Waals surface area contributed by atoms with Crippen LogP contribution in [0.1, 0.15) is 6.92 Å². The quantitative estimate of drug-likeness (QED) is 0.769. The highest BCUT2D eigenvalue weighted by Crippen LogP contribution is 2.24. The van der Waals surface area contributed by atoms with Crippen molar-refractivity contribution in [3.8, 4) is 0 Å². The maximum absolute atomic E-state index is 11.9. The molecule has 0 aliphatic carbocycles. The second kappa shape index (κ2) is 7.41. The number of thioether (sulfide) groups is 1. The molecule has 100 valence electrons. The summed E-state index contributed by atoms with van der Waals surface area (Å²) in [4.78, 5) is 14.9. The zero-order valence-electron chi connectivity index (χ0n) is 11.1. The first-order valence-electron chi connectivity index (χ1n) is 5.90. The molecule has 0 spiro atoms. The molecule has 0 bridgehead atoms. The van der Waals surface area contributed by atoms with Crippen molar-refractivity contribution < 1.29 is 4.79 Å². The maximum Gasteiger partial charge on any atom is 0.238 e. The van der Waals surface area contributed by atoms with Gasteiger partial charge in [-0.1, -0.05) is 12.1 Å². The van der Waals surface area contributed by atoms with Crippen LogP contribution < -0.4 is 11.1 Å². The van der Waals surface area contributed by atoms with E-state index < -0.39 is 0 Å². The molecule has 1 unspecified atom stereocenters. The molecule has 1 atom stereocenters. The molecule has 1 amide bonds. The molecule has 3 N–H and O–H groups in total. The predicted octanol–water partition coefficient (Wildman–Crippen LogP) is 1.63. The van der Waals surface area contributed by atoms with Crippen LogP contribution in [0.25, 0.3) is 0 Å². The molecule has 1 rings (SSSR count). The van der Waals surface area contributed by atoms with Gasteiger partial charge in [-0.2, -0.15) is 0 Å². The molecule has 0 radical (unpaired) electrons. The van der Waals surface area contributed by atoms with E-state index in [4.69, 9.17) is 5.73 Å². The number of carbonyl (C=O) groups excluding carboxylic acids is 1. The Morgan fingerprint density at radius 3 is 2.78 bits per heavy atom. The lowest BCUT2D eigenvalue weighted by Gasteiger charge is -2.18. The number of anilines is 1. The third-order valence-electron chi connectivity index (χ3n) is 2.39. The van der Waals surface area contributed by atoms with Gasteiger partial charge in [0.2, 0.25) is 5.91 Å². The minimum atomic E-state index is -0.0142. The van der Waals surface area contributed by atoms with Gasteiger partial charge in [0.05, 0.1) is 12.2 Å². The summed E-state index contributed by atoms with van der Waals surface area (Å²) in [5, 5.41) is 2.92. The number of hydrogen-bond donors (Lipinski definition) is 2. The Bertz CT molecular complexity index is 396. The second-order valence-corrected chi connectivity index (χ2v) is 5.27. The molecule has 5 heteroatoms. The van der Waals surface area contributed by atoms with Gasteiger partial charge in [0.25, 0.3) is 0 Å². The standard InChI is InChI=1S/C13H21N3OS/c1-10(14)8-16(2)9-13(17)15-11-6-4-5-7-12(11)18-3/h4-7,10H,8-9,14H2,1-3H3,(H,15,17). The Morgan fingerprint density at radius 2 is 2.17 bits per heavy atom. The lowest BCUT2D eigenvalue weighted by atomic mass is 10.3. The molecule has 0 saturated carbocycles. The number of carbonyl (C=O) groups is 1. The molecule has 0 saturated heterocycles. The average molecular weight is 267 g/mol. The van der Waals surface area contributed by atoms with Gasteiger partial charge in [-0.3, -0.25) is 9.69 Å². The van der Waals surface area contributed by atoms with Crippen molar-refractivity contribution in [2.24, 2.45) is 5.73 Å². The van der Waals surface area contributed by atoms with Crippen LogP contribution in [0, 0.1) is 0 Å². The fraction of sp³-hybridized carbons (Fsp3) is 0.462. The van der Waals surface area contributed by atoms with E-state index in [0.29, 0.717) is 13.1 Å². The van der Waals surface area contributed by atoms with Crippen LogP contribution in [0.2, 0.25) is 0 Å². The lowest BCUT2D eigenvalue weighted by molar-refractivity contribution is -0.117. The van der Waals surface area contributed by atoms with Crippen LogP contribution >= 0.6 is 11.8 Å². The van der Waals surface area contributed by atoms with Gasteiger partial charge in [-0.05, 0) is 32.4 Å². The molecule has 0 aliphatic rings. The Morgan fingerprint density at radius 1 is 1.50 bits per heavy atom. The highest BCUT2D eigenvalue weighted by atomic mass is 32.2. The minimum Gasteiger partial charge on any atom is -0.327 e. The lowest BCUT2D eigenvalue weighted by Crippen LogP contribution is -2.37. The number of likely N-dealkylation sites (N-methyl/N-ethyl adjacent to an activating group) is 1. The number of nitrogens with one attached hydrogen (secondary N) is 1. The second-order valence-electron chi connectivity index (χ2n) is 4.42. The molecule has 18 heavy (non-hydrogen) atoms. The topological polar surface area (TPSA) is 58.4 Å². The highest BCUT2D eigenvalue weighted by molar-refractivity contribution is 7.98. The summed E-state index contributed by atoms with van der Waals surface area (Å²) in [6.45, 7) is 2.99. The number of benzene rings is 1. The fourth-order valence-corrected chi connectivity index (χ4v) is 2.29. The van der Waals surface area contributed by atoms with Crippen LogP contribution in [0.4, 0.5) is 5.69 Å². The first-order chi connectivity index (χ1) is 8.52. The van der Waals surface area contributed by atoms with Crippen LogP contribution in [-0.4, -0.2) is 43.2 Å². The minimum absolute atomic E-state index is 0.0142. The number of amides is 1. The van der Waals surface area contributed by atoms with E-state index >= 15 is 0 Å². The van der Waals surface area contributed by atoms with Crippen molar-refractivity contribution in [3.63, 3.8) is 0 Å². The molecule has 0 aliphatic heterocycles. The third-order valence-corrected chi connectivity index (χ3v) is 3.19. The molecule has 1 aromatic carbocycles. The van der Waals surface area contributed by atoms with E-state index in [1.807, 2.05) is 49.4 Å². The van der Waals surface area contributed by atoms with Crippen molar-refractivity contribution in [1.29, 1.82) is 0 Å². The monoisotopic (exact) mass is 267 g/mol. The predicted molar refractivity (Wildman–Crippen MR) is 78.0 cm³/mol. The van der Waals surface area contributed by atoms with Crippen molar-refractivity contribution in [2.75, 3.05) is 31.7 Å². The summed E-state index contributed by atoms with van der Waals surface area (Å²) in [6.07, 6.45) is 1.99. The normalized spacial score (nSPS) is 12.5. The largest absolute Gasteiger partial charge is 0.327 e. The summed E-state index contributed by atoms with van der Waals surface area (Å²) in [6, 6.07) is 7.85. The van der Waals surface area contributed by atoms with Crippen LogP contribution in [0.5, 0.6) is 0 Å².